The van der Waals surface area contributed by atoms with E-state index in [2.05, 4.69) is 26.2 Å². The van der Waals surface area contributed by atoms with E-state index in [0.717, 1.165) is 44.3 Å². The van der Waals surface area contributed by atoms with Crippen molar-refractivity contribution in [3.63, 3.8) is 0 Å². The fourth-order valence-electron chi connectivity index (χ4n) is 3.65. The van der Waals surface area contributed by atoms with Crippen LogP contribution in [0.5, 0.6) is 5.75 Å². The van der Waals surface area contributed by atoms with Crippen molar-refractivity contribution < 1.29 is 41.0 Å². The Morgan fingerprint density at radius 3 is 2.36 bits per heavy atom. The number of aliphatic imine (C=N–C) groups is 1. The van der Waals surface area contributed by atoms with Crippen LogP contribution in [0.3, 0.4) is 0 Å². The highest BCUT2D eigenvalue weighted by molar-refractivity contribution is 6.21. The van der Waals surface area contributed by atoms with Gasteiger partial charge in [0, 0.05) is 24.4 Å². The Labute approximate surface area is 208 Å². The van der Waals surface area contributed by atoms with Gasteiger partial charge in [0.05, 0.1) is 17.9 Å². The van der Waals surface area contributed by atoms with Gasteiger partial charge in [-0.15, -0.1) is 8.78 Å². The molecule has 0 spiro atoms. The number of ketones is 1. The van der Waals surface area contributed by atoms with Crippen LogP contribution in [-0.2, 0) is 16.1 Å². The average Bonchev–Trinajstić information content (AvgIpc) is 3.33. The molecule has 0 N–H and O–H groups in total. The van der Waals surface area contributed by atoms with Crippen LogP contribution >= 0.6 is 11.6 Å². The van der Waals surface area contributed by atoms with E-state index in [9.17, 15) is 31.5 Å². The molecule has 1 unspecified atom stereocenters. The predicted octanol–water partition coefficient (Wildman–Crippen LogP) is 5.63. The maximum atomic E-state index is 14.7. The minimum atomic E-state index is -4.60. The lowest BCUT2D eigenvalue weighted by molar-refractivity contribution is -0.144. The quantitative estimate of drug-likeness (QED) is 0.0754. The monoisotopic (exact) mass is 532 g/mol. The van der Waals surface area contributed by atoms with Crippen molar-refractivity contribution in [1.82, 2.24) is 4.90 Å². The van der Waals surface area contributed by atoms with Crippen LogP contribution < -0.4 is 4.74 Å². The van der Waals surface area contributed by atoms with Crippen molar-refractivity contribution in [3.05, 3.63) is 58.9 Å². The third-order valence-electron chi connectivity index (χ3n) is 5.34. The van der Waals surface area contributed by atoms with E-state index < -0.39 is 52.0 Å². The molecule has 194 valence electrons. The molecule has 1 atom stereocenters. The molecule has 0 radical (unpaired) electrons. The number of carbonyl (C=O) groups excluding carboxylic acids is 2. The molecular weight excluding hydrogens is 511 g/mol. The van der Waals surface area contributed by atoms with Gasteiger partial charge in [0.15, 0.2) is 23.3 Å². The molecular formula is C24H22ClF5N2O4. The summed E-state index contributed by atoms with van der Waals surface area (Å²) in [5, 5.41) is 0. The largest absolute Gasteiger partial charge is 0.487 e. The number of benzene rings is 2. The molecule has 1 saturated heterocycles. The van der Waals surface area contributed by atoms with Gasteiger partial charge < -0.3 is 9.47 Å². The van der Waals surface area contributed by atoms with E-state index in [1.54, 1.807) is 12.1 Å². The summed E-state index contributed by atoms with van der Waals surface area (Å²) in [6, 6.07) is 7.04. The number of nitrogens with zero attached hydrogens (tertiary/aromatic N) is 2. The van der Waals surface area contributed by atoms with Gasteiger partial charge in [-0.05, 0) is 56.6 Å². The van der Waals surface area contributed by atoms with E-state index in [0.29, 0.717) is 5.69 Å². The smallest absolute Gasteiger partial charge is 0.465 e. The normalized spacial score (nSPS) is 15.3. The number of halogens is 6. The van der Waals surface area contributed by atoms with Crippen molar-refractivity contribution in [2.75, 3.05) is 19.7 Å². The number of likely N-dealkylation sites (tertiary alicyclic amines) is 1. The lowest BCUT2D eigenvalue weighted by Gasteiger charge is -2.16. The highest BCUT2D eigenvalue weighted by Crippen LogP contribution is 2.34. The maximum absolute atomic E-state index is 14.7. The summed E-state index contributed by atoms with van der Waals surface area (Å²) in [7, 11) is 0. The molecule has 6 nitrogen and oxygen atoms in total. The van der Waals surface area contributed by atoms with E-state index in [4.69, 9.17) is 4.74 Å². The molecule has 2 aromatic carbocycles. The number of esters is 1. The Kier molecular flexibility index (Phi) is 9.02. The zero-order valence-corrected chi connectivity index (χ0v) is 19.8. The topological polar surface area (TPSA) is 68.2 Å². The SMILES string of the molecule is CCOC(=O)C(C=Nc1ccc(CN2CCCC2)cc1)C(=O)c1cc(F)c(F)c(OC(F)(F)Cl)c1F. The van der Waals surface area contributed by atoms with Crippen LogP contribution in [0.15, 0.2) is 35.3 Å². The molecule has 1 fully saturated rings. The van der Waals surface area contributed by atoms with Crippen LogP contribution in [0.4, 0.5) is 27.6 Å². The van der Waals surface area contributed by atoms with Crippen molar-refractivity contribution in [2.45, 2.75) is 31.9 Å². The van der Waals surface area contributed by atoms with Crippen molar-refractivity contribution >= 4 is 35.3 Å². The van der Waals surface area contributed by atoms with Crippen LogP contribution in [0.25, 0.3) is 0 Å². The molecule has 12 heteroatoms. The van der Waals surface area contributed by atoms with E-state index in [1.807, 2.05) is 12.1 Å². The van der Waals surface area contributed by atoms with Gasteiger partial charge >= 0.3 is 11.5 Å². The van der Waals surface area contributed by atoms with Gasteiger partial charge in [-0.3, -0.25) is 19.5 Å². The maximum Gasteiger partial charge on any atom is 0.487 e. The van der Waals surface area contributed by atoms with Gasteiger partial charge in [-0.1, -0.05) is 12.1 Å². The number of alkyl halides is 3. The van der Waals surface area contributed by atoms with Gasteiger partial charge in [0.2, 0.25) is 11.6 Å². The molecule has 0 aromatic heterocycles. The molecule has 0 aliphatic carbocycles. The second kappa shape index (κ2) is 11.8. The summed E-state index contributed by atoms with van der Waals surface area (Å²) in [6.07, 6.45) is 3.14. The number of carbonyl (C=O) groups is 2. The zero-order chi connectivity index (χ0) is 26.5. The Morgan fingerprint density at radius 1 is 1.14 bits per heavy atom. The Hall–Kier alpha value is -3.05. The summed E-state index contributed by atoms with van der Waals surface area (Å²) in [4.78, 5) is 31.7. The summed E-state index contributed by atoms with van der Waals surface area (Å²) >= 11 is 4.53. The molecule has 36 heavy (non-hydrogen) atoms. The molecule has 0 bridgehead atoms. The molecule has 1 aliphatic rings. The van der Waals surface area contributed by atoms with Gasteiger partial charge in [-0.25, -0.2) is 8.78 Å². The third-order valence-corrected chi connectivity index (χ3v) is 5.41. The summed E-state index contributed by atoms with van der Waals surface area (Å²) in [5.41, 5.74) is -4.45. The Balaban J connectivity index is 1.88. The molecule has 3 rings (SSSR count). The fraction of sp³-hybridized carbons (Fsp3) is 0.375. The van der Waals surface area contributed by atoms with Gasteiger partial charge in [0.1, 0.15) is 0 Å². The lowest BCUT2D eigenvalue weighted by Crippen LogP contribution is -2.29. The predicted molar refractivity (Wildman–Crippen MR) is 121 cm³/mol. The number of hydrogen-bond donors (Lipinski definition) is 0. The van der Waals surface area contributed by atoms with Crippen LogP contribution in [0, 0.1) is 23.4 Å². The van der Waals surface area contributed by atoms with Crippen molar-refractivity contribution in [3.8, 4) is 5.75 Å². The van der Waals surface area contributed by atoms with Crippen molar-refractivity contribution in [2.24, 2.45) is 10.9 Å². The highest BCUT2D eigenvalue weighted by atomic mass is 35.5. The average molecular weight is 533 g/mol. The highest BCUT2D eigenvalue weighted by Gasteiger charge is 2.36. The standard InChI is InChI=1S/C24H22ClF5N2O4/c1-2-35-23(34)17(12-31-15-7-5-14(6-8-15)13-32-9-3-4-10-32)21(33)16-11-18(26)20(28)22(19(16)27)36-24(25,29)30/h5-8,11-12,17H,2-4,9-10,13H2,1H3. The summed E-state index contributed by atoms with van der Waals surface area (Å²) < 4.78 is 77.0. The van der Waals surface area contributed by atoms with Crippen LogP contribution in [-0.4, -0.2) is 48.1 Å². The van der Waals surface area contributed by atoms with Gasteiger partial charge in [-0.2, -0.15) is 4.39 Å². The Morgan fingerprint density at radius 2 is 1.78 bits per heavy atom. The van der Waals surface area contributed by atoms with Gasteiger partial charge in [0.25, 0.3) is 0 Å². The summed E-state index contributed by atoms with van der Waals surface area (Å²) in [6.45, 7) is 4.07. The van der Waals surface area contributed by atoms with E-state index in [1.165, 1.54) is 6.92 Å². The minimum absolute atomic E-state index is 0.124. The number of hydrogen-bond acceptors (Lipinski definition) is 6. The summed E-state index contributed by atoms with van der Waals surface area (Å²) in [5.74, 6) is -12.3. The molecule has 1 heterocycles. The Bertz CT molecular complexity index is 1130. The lowest BCUT2D eigenvalue weighted by atomic mass is 9.97. The fourth-order valence-corrected chi connectivity index (χ4v) is 3.72. The second-order valence-corrected chi connectivity index (χ2v) is 8.37. The molecule has 2 aromatic rings. The van der Waals surface area contributed by atoms with E-state index >= 15 is 0 Å². The number of ether oxygens (including phenoxy) is 2. The molecule has 1 aliphatic heterocycles. The first-order valence-corrected chi connectivity index (χ1v) is 11.4. The minimum Gasteiger partial charge on any atom is -0.465 e. The first-order chi connectivity index (χ1) is 17.0. The van der Waals surface area contributed by atoms with Crippen LogP contribution in [0.1, 0.15) is 35.7 Å². The molecule has 0 saturated carbocycles. The number of Topliss-reactive ketones (excluding diaryl/α,β-unsaturated/α-hetero) is 1. The first-order valence-electron chi connectivity index (χ1n) is 11.0. The van der Waals surface area contributed by atoms with E-state index in [-0.39, 0.29) is 12.7 Å². The van der Waals surface area contributed by atoms with Crippen molar-refractivity contribution in [1.29, 1.82) is 0 Å². The second-order valence-electron chi connectivity index (χ2n) is 7.93. The third kappa shape index (κ3) is 7.01. The number of rotatable bonds is 10. The molecule has 0 amide bonds. The first kappa shape index (κ1) is 27.5. The zero-order valence-electron chi connectivity index (χ0n) is 19.1. The van der Waals surface area contributed by atoms with Crippen LogP contribution in [0.2, 0.25) is 0 Å².